The summed E-state index contributed by atoms with van der Waals surface area (Å²) >= 11 is 0. The third-order valence-electron chi connectivity index (χ3n) is 3.41. The average molecular weight is 256 g/mol. The van der Waals surface area contributed by atoms with Gasteiger partial charge in [-0.05, 0) is 35.7 Å². The SMILES string of the molecule is Cn1cc(CCC(=O)c2ccc3c(c2)CCO3)cn1. The largest absolute Gasteiger partial charge is 0.493 e. The lowest BCUT2D eigenvalue weighted by atomic mass is 10.0. The molecule has 2 heterocycles. The van der Waals surface area contributed by atoms with Crippen molar-refractivity contribution in [1.29, 1.82) is 0 Å². The molecule has 3 rings (SSSR count). The molecular formula is C15H16N2O2. The van der Waals surface area contributed by atoms with E-state index in [1.54, 1.807) is 4.68 Å². The topological polar surface area (TPSA) is 44.1 Å². The lowest BCUT2D eigenvalue weighted by Crippen LogP contribution is -2.01. The van der Waals surface area contributed by atoms with E-state index in [1.165, 1.54) is 0 Å². The minimum Gasteiger partial charge on any atom is -0.493 e. The molecule has 0 saturated carbocycles. The Hall–Kier alpha value is -2.10. The summed E-state index contributed by atoms with van der Waals surface area (Å²) in [5.41, 5.74) is 3.03. The molecule has 0 atom stereocenters. The van der Waals surface area contributed by atoms with E-state index in [0.717, 1.165) is 41.9 Å². The zero-order valence-electron chi connectivity index (χ0n) is 10.9. The first-order chi connectivity index (χ1) is 9.22. The van der Waals surface area contributed by atoms with Gasteiger partial charge in [0.25, 0.3) is 0 Å². The van der Waals surface area contributed by atoms with Crippen LogP contribution in [0.3, 0.4) is 0 Å². The molecule has 0 aliphatic carbocycles. The van der Waals surface area contributed by atoms with E-state index >= 15 is 0 Å². The van der Waals surface area contributed by atoms with Crippen molar-refractivity contribution in [2.75, 3.05) is 6.61 Å². The van der Waals surface area contributed by atoms with Gasteiger partial charge in [-0.1, -0.05) is 0 Å². The number of benzene rings is 1. The van der Waals surface area contributed by atoms with Crippen molar-refractivity contribution in [1.82, 2.24) is 9.78 Å². The molecule has 2 aromatic rings. The third kappa shape index (κ3) is 2.52. The third-order valence-corrected chi connectivity index (χ3v) is 3.41. The van der Waals surface area contributed by atoms with E-state index < -0.39 is 0 Å². The molecular weight excluding hydrogens is 240 g/mol. The number of aryl methyl sites for hydroxylation is 2. The van der Waals surface area contributed by atoms with Gasteiger partial charge in [0.1, 0.15) is 5.75 Å². The molecule has 98 valence electrons. The minimum absolute atomic E-state index is 0.179. The quantitative estimate of drug-likeness (QED) is 0.787. The van der Waals surface area contributed by atoms with Gasteiger partial charge >= 0.3 is 0 Å². The summed E-state index contributed by atoms with van der Waals surface area (Å²) < 4.78 is 7.20. The number of hydrogen-bond donors (Lipinski definition) is 0. The number of ether oxygens (including phenoxy) is 1. The second kappa shape index (κ2) is 4.88. The molecule has 0 N–H and O–H groups in total. The summed E-state index contributed by atoms with van der Waals surface area (Å²) in [6.45, 7) is 0.725. The first-order valence-electron chi connectivity index (χ1n) is 6.49. The van der Waals surface area contributed by atoms with Gasteiger partial charge in [0.2, 0.25) is 0 Å². The fourth-order valence-electron chi connectivity index (χ4n) is 2.36. The van der Waals surface area contributed by atoms with Gasteiger partial charge in [-0.25, -0.2) is 0 Å². The van der Waals surface area contributed by atoms with Gasteiger partial charge in [0.05, 0.1) is 12.8 Å². The number of nitrogens with zero attached hydrogens (tertiary/aromatic N) is 2. The molecule has 0 bridgehead atoms. The Balaban J connectivity index is 1.67. The Morgan fingerprint density at radius 1 is 1.47 bits per heavy atom. The zero-order chi connectivity index (χ0) is 13.2. The van der Waals surface area contributed by atoms with Crippen LogP contribution in [-0.4, -0.2) is 22.2 Å². The fraction of sp³-hybridized carbons (Fsp3) is 0.333. The van der Waals surface area contributed by atoms with E-state index in [2.05, 4.69) is 5.10 Å². The number of carbonyl (C=O) groups excluding carboxylic acids is 1. The summed E-state index contributed by atoms with van der Waals surface area (Å²) in [4.78, 5) is 12.2. The number of aromatic nitrogens is 2. The predicted molar refractivity (Wildman–Crippen MR) is 71.5 cm³/mol. The predicted octanol–water partition coefficient (Wildman–Crippen LogP) is 2.17. The number of hydrogen-bond acceptors (Lipinski definition) is 3. The molecule has 1 aromatic carbocycles. The van der Waals surface area contributed by atoms with Crippen LogP contribution in [0.2, 0.25) is 0 Å². The molecule has 0 amide bonds. The monoisotopic (exact) mass is 256 g/mol. The van der Waals surface area contributed by atoms with Crippen LogP contribution in [0.15, 0.2) is 30.6 Å². The molecule has 1 aliphatic rings. The molecule has 0 spiro atoms. The van der Waals surface area contributed by atoms with Crippen LogP contribution < -0.4 is 4.74 Å². The maximum absolute atomic E-state index is 12.2. The van der Waals surface area contributed by atoms with Crippen LogP contribution in [0.25, 0.3) is 0 Å². The second-order valence-electron chi connectivity index (χ2n) is 4.87. The van der Waals surface area contributed by atoms with Gasteiger partial charge < -0.3 is 4.74 Å². The molecule has 0 unspecified atom stereocenters. The highest BCUT2D eigenvalue weighted by molar-refractivity contribution is 5.96. The molecule has 1 aliphatic heterocycles. The maximum atomic E-state index is 12.2. The average Bonchev–Trinajstić information content (AvgIpc) is 3.03. The second-order valence-corrected chi connectivity index (χ2v) is 4.87. The Morgan fingerprint density at radius 3 is 3.16 bits per heavy atom. The van der Waals surface area contributed by atoms with Crippen LogP contribution >= 0.6 is 0 Å². The van der Waals surface area contributed by atoms with Crippen molar-refractivity contribution in [3.8, 4) is 5.75 Å². The minimum atomic E-state index is 0.179. The first-order valence-corrected chi connectivity index (χ1v) is 6.49. The van der Waals surface area contributed by atoms with Crippen LogP contribution in [0.4, 0.5) is 0 Å². The number of Topliss-reactive ketones (excluding diaryl/α,β-unsaturated/α-hetero) is 1. The Morgan fingerprint density at radius 2 is 2.37 bits per heavy atom. The number of ketones is 1. The summed E-state index contributed by atoms with van der Waals surface area (Å²) in [5.74, 6) is 1.10. The van der Waals surface area contributed by atoms with Crippen LogP contribution in [0.1, 0.15) is 27.9 Å². The van der Waals surface area contributed by atoms with E-state index in [4.69, 9.17) is 4.74 Å². The number of fused-ring (bicyclic) bond motifs is 1. The Kier molecular flexibility index (Phi) is 3.07. The Labute approximate surface area is 112 Å². The zero-order valence-corrected chi connectivity index (χ0v) is 10.9. The highest BCUT2D eigenvalue weighted by Gasteiger charge is 2.15. The van der Waals surface area contributed by atoms with Crippen molar-refractivity contribution < 1.29 is 9.53 Å². The van der Waals surface area contributed by atoms with Gasteiger partial charge in [0.15, 0.2) is 5.78 Å². The van der Waals surface area contributed by atoms with Gasteiger partial charge in [-0.2, -0.15) is 5.10 Å². The molecule has 0 fully saturated rings. The van der Waals surface area contributed by atoms with Crippen molar-refractivity contribution >= 4 is 5.78 Å². The standard InChI is InChI=1S/C15H16N2O2/c1-17-10-11(9-16-17)2-4-14(18)12-3-5-15-13(8-12)6-7-19-15/h3,5,8-10H,2,4,6-7H2,1H3. The molecule has 0 saturated heterocycles. The van der Waals surface area contributed by atoms with Gasteiger partial charge in [0, 0.05) is 31.6 Å². The highest BCUT2D eigenvalue weighted by Crippen LogP contribution is 2.26. The first kappa shape index (κ1) is 12.0. The molecule has 0 radical (unpaired) electrons. The molecule has 19 heavy (non-hydrogen) atoms. The van der Waals surface area contributed by atoms with Crippen LogP contribution in [0, 0.1) is 0 Å². The normalized spacial score (nSPS) is 13.1. The fourth-order valence-corrected chi connectivity index (χ4v) is 2.36. The van der Waals surface area contributed by atoms with Crippen LogP contribution in [-0.2, 0) is 19.9 Å². The van der Waals surface area contributed by atoms with Gasteiger partial charge in [-0.15, -0.1) is 0 Å². The van der Waals surface area contributed by atoms with E-state index in [0.29, 0.717) is 6.42 Å². The van der Waals surface area contributed by atoms with Crippen molar-refractivity contribution in [3.05, 3.63) is 47.3 Å². The maximum Gasteiger partial charge on any atom is 0.163 e. The highest BCUT2D eigenvalue weighted by atomic mass is 16.5. The van der Waals surface area contributed by atoms with Crippen LogP contribution in [0.5, 0.6) is 5.75 Å². The Bertz CT molecular complexity index is 616. The van der Waals surface area contributed by atoms with E-state index in [9.17, 15) is 4.79 Å². The van der Waals surface area contributed by atoms with E-state index in [1.807, 2.05) is 37.6 Å². The summed E-state index contributed by atoms with van der Waals surface area (Å²) in [6, 6.07) is 5.73. The summed E-state index contributed by atoms with van der Waals surface area (Å²) in [6.07, 6.45) is 5.91. The summed E-state index contributed by atoms with van der Waals surface area (Å²) in [5, 5.41) is 4.10. The summed E-state index contributed by atoms with van der Waals surface area (Å²) in [7, 11) is 1.88. The van der Waals surface area contributed by atoms with Crippen molar-refractivity contribution in [2.45, 2.75) is 19.3 Å². The molecule has 4 nitrogen and oxygen atoms in total. The van der Waals surface area contributed by atoms with Crippen molar-refractivity contribution in [2.24, 2.45) is 7.05 Å². The lowest BCUT2D eigenvalue weighted by Gasteiger charge is -2.03. The molecule has 4 heteroatoms. The van der Waals surface area contributed by atoms with E-state index in [-0.39, 0.29) is 5.78 Å². The van der Waals surface area contributed by atoms with Gasteiger partial charge in [-0.3, -0.25) is 9.48 Å². The number of rotatable bonds is 4. The smallest absolute Gasteiger partial charge is 0.163 e. The lowest BCUT2D eigenvalue weighted by molar-refractivity contribution is 0.0983. The number of carbonyl (C=O) groups is 1. The van der Waals surface area contributed by atoms with Crippen molar-refractivity contribution in [3.63, 3.8) is 0 Å². The molecule has 1 aromatic heterocycles.